The molecule has 0 spiro atoms. The van der Waals surface area contributed by atoms with Crippen LogP contribution in [0.3, 0.4) is 0 Å². The van der Waals surface area contributed by atoms with Crippen LogP contribution < -0.4 is 0 Å². The summed E-state index contributed by atoms with van der Waals surface area (Å²) in [5.41, 5.74) is -0.948. The molecule has 0 heterocycles. The number of carbonyl (C=O) groups excluding carboxylic acids is 1. The fraction of sp³-hybridized carbons (Fsp3) is 0.700. The van der Waals surface area contributed by atoms with Crippen LogP contribution in [0.25, 0.3) is 0 Å². The molecule has 0 rings (SSSR count). The first-order valence-corrected chi connectivity index (χ1v) is 4.69. The summed E-state index contributed by atoms with van der Waals surface area (Å²) in [5, 5.41) is 0. The van der Waals surface area contributed by atoms with E-state index in [0.717, 1.165) is 13.3 Å². The van der Waals surface area contributed by atoms with E-state index < -0.39 is 17.7 Å². The highest BCUT2D eigenvalue weighted by molar-refractivity contribution is 5.82. The lowest BCUT2D eigenvalue weighted by Crippen LogP contribution is -2.14. The van der Waals surface area contributed by atoms with Gasteiger partial charge in [-0.05, 0) is 12.8 Å². The van der Waals surface area contributed by atoms with Gasteiger partial charge in [0.1, 0.15) is 0 Å². The lowest BCUT2D eigenvalue weighted by atomic mass is 10.1. The second-order valence-corrected chi connectivity index (χ2v) is 3.47. The van der Waals surface area contributed by atoms with Gasteiger partial charge in [0.2, 0.25) is 0 Å². The topological polar surface area (TPSA) is 26.3 Å². The first-order chi connectivity index (χ1) is 6.77. The number of hydrogen-bond donors (Lipinski definition) is 0. The Morgan fingerprint density at radius 2 is 2.00 bits per heavy atom. The van der Waals surface area contributed by atoms with E-state index in [9.17, 15) is 18.0 Å². The van der Waals surface area contributed by atoms with Gasteiger partial charge in [0.05, 0.1) is 6.61 Å². The predicted molar refractivity (Wildman–Crippen MR) is 50.2 cm³/mol. The van der Waals surface area contributed by atoms with Crippen LogP contribution in [0.15, 0.2) is 11.6 Å². The van der Waals surface area contributed by atoms with Crippen molar-refractivity contribution in [2.24, 2.45) is 5.92 Å². The molecule has 88 valence electrons. The lowest BCUT2D eigenvalue weighted by Gasteiger charge is -2.09. The van der Waals surface area contributed by atoms with Crippen molar-refractivity contribution < 1.29 is 22.7 Å². The number of esters is 1. The number of ether oxygens (including phenoxy) is 1. The van der Waals surface area contributed by atoms with Gasteiger partial charge in [-0.2, -0.15) is 13.2 Å². The van der Waals surface area contributed by atoms with Crippen molar-refractivity contribution in [1.82, 2.24) is 0 Å². The van der Waals surface area contributed by atoms with Crippen molar-refractivity contribution in [1.29, 1.82) is 0 Å². The molecule has 0 aliphatic rings. The van der Waals surface area contributed by atoms with Gasteiger partial charge in [-0.25, -0.2) is 4.79 Å². The maximum absolute atomic E-state index is 12.0. The molecule has 0 saturated heterocycles. The average molecular weight is 224 g/mol. The maximum atomic E-state index is 12.0. The van der Waals surface area contributed by atoms with Crippen molar-refractivity contribution >= 4 is 5.97 Å². The van der Waals surface area contributed by atoms with Crippen molar-refractivity contribution in [3.63, 3.8) is 0 Å². The molecule has 0 aliphatic carbocycles. The molecule has 0 N–H and O–H groups in total. The van der Waals surface area contributed by atoms with Crippen molar-refractivity contribution in [3.05, 3.63) is 11.6 Å². The molecule has 0 bridgehead atoms. The Labute approximate surface area is 87.1 Å². The Bertz CT molecular complexity index is 244. The van der Waals surface area contributed by atoms with E-state index in [-0.39, 0.29) is 12.5 Å². The normalized spacial score (nSPS) is 14.9. The summed E-state index contributed by atoms with van der Waals surface area (Å²) in [6.45, 7) is 4.75. The van der Waals surface area contributed by atoms with Crippen LogP contribution in [0.1, 0.15) is 27.2 Å². The minimum Gasteiger partial charge on any atom is -0.462 e. The molecule has 5 heteroatoms. The van der Waals surface area contributed by atoms with Crippen LogP contribution in [-0.4, -0.2) is 18.8 Å². The van der Waals surface area contributed by atoms with Crippen LogP contribution in [0.5, 0.6) is 0 Å². The number of rotatable bonds is 4. The van der Waals surface area contributed by atoms with Crippen LogP contribution in [0, 0.1) is 5.92 Å². The van der Waals surface area contributed by atoms with Gasteiger partial charge in [0.25, 0.3) is 0 Å². The highest BCUT2D eigenvalue weighted by Crippen LogP contribution is 2.24. The molecule has 0 radical (unpaired) electrons. The molecule has 1 unspecified atom stereocenters. The zero-order valence-corrected chi connectivity index (χ0v) is 9.02. The predicted octanol–water partition coefficient (Wildman–Crippen LogP) is 3.08. The Hall–Kier alpha value is -1.00. The number of carbonyl (C=O) groups is 1. The Morgan fingerprint density at radius 1 is 1.47 bits per heavy atom. The van der Waals surface area contributed by atoms with Crippen LogP contribution in [0.2, 0.25) is 0 Å². The number of allylic oxidation sites excluding steroid dienone is 1. The molecule has 15 heavy (non-hydrogen) atoms. The number of hydrogen-bond acceptors (Lipinski definition) is 2. The van der Waals surface area contributed by atoms with Crippen LogP contribution in [-0.2, 0) is 9.53 Å². The molecule has 1 atom stereocenters. The van der Waals surface area contributed by atoms with Gasteiger partial charge in [-0.3, -0.25) is 0 Å². The highest BCUT2D eigenvalue weighted by atomic mass is 19.4. The molecule has 0 aliphatic heterocycles. The summed E-state index contributed by atoms with van der Waals surface area (Å²) in [6, 6.07) is 0. The Morgan fingerprint density at radius 3 is 2.40 bits per heavy atom. The van der Waals surface area contributed by atoms with E-state index in [0.29, 0.717) is 6.08 Å². The summed E-state index contributed by atoms with van der Waals surface area (Å²) >= 11 is 0. The zero-order chi connectivity index (χ0) is 12.1. The molecule has 2 nitrogen and oxygen atoms in total. The lowest BCUT2D eigenvalue weighted by molar-refractivity contribution is -0.140. The van der Waals surface area contributed by atoms with E-state index in [1.807, 2.05) is 13.8 Å². The summed E-state index contributed by atoms with van der Waals surface area (Å²) in [7, 11) is 0. The first-order valence-electron chi connectivity index (χ1n) is 4.69. The van der Waals surface area contributed by atoms with Gasteiger partial charge >= 0.3 is 12.1 Å². The van der Waals surface area contributed by atoms with Gasteiger partial charge in [0.15, 0.2) is 0 Å². The zero-order valence-electron chi connectivity index (χ0n) is 9.02. The van der Waals surface area contributed by atoms with Crippen LogP contribution in [0.4, 0.5) is 13.2 Å². The maximum Gasteiger partial charge on any atom is 0.412 e. The van der Waals surface area contributed by atoms with E-state index in [1.165, 1.54) is 0 Å². The van der Waals surface area contributed by atoms with Crippen molar-refractivity contribution in [2.45, 2.75) is 33.4 Å². The van der Waals surface area contributed by atoms with E-state index in [4.69, 9.17) is 0 Å². The molecule has 0 aromatic heterocycles. The van der Waals surface area contributed by atoms with Gasteiger partial charge < -0.3 is 4.74 Å². The first kappa shape index (κ1) is 14.0. The molecule has 0 saturated carbocycles. The van der Waals surface area contributed by atoms with Crippen molar-refractivity contribution in [3.8, 4) is 0 Å². The smallest absolute Gasteiger partial charge is 0.412 e. The summed E-state index contributed by atoms with van der Waals surface area (Å²) < 4.78 is 40.6. The fourth-order valence-electron chi connectivity index (χ4n) is 0.643. The summed E-state index contributed by atoms with van der Waals surface area (Å²) in [6.07, 6.45) is -3.17. The largest absolute Gasteiger partial charge is 0.462 e. The van der Waals surface area contributed by atoms with Gasteiger partial charge in [-0.1, -0.05) is 20.3 Å². The second-order valence-electron chi connectivity index (χ2n) is 3.47. The van der Waals surface area contributed by atoms with E-state index in [2.05, 4.69) is 4.74 Å². The number of halogens is 3. The summed E-state index contributed by atoms with van der Waals surface area (Å²) in [4.78, 5) is 10.9. The average Bonchev–Trinajstić information content (AvgIpc) is 2.12. The fourth-order valence-corrected chi connectivity index (χ4v) is 0.643. The number of alkyl halides is 3. The SMILES string of the molecule is CCC(C)COC(=O)/C=C(\C)C(F)(F)F. The minimum absolute atomic E-state index is 0.150. The molecular weight excluding hydrogens is 209 g/mol. The Balaban J connectivity index is 4.14. The monoisotopic (exact) mass is 224 g/mol. The molecular formula is C10H15F3O2. The third kappa shape index (κ3) is 6.14. The standard InChI is InChI=1S/C10H15F3O2/c1-4-7(2)6-15-9(14)5-8(3)10(11,12)13/h5,7H,4,6H2,1-3H3/b8-5+. The third-order valence-electron chi connectivity index (χ3n) is 1.99. The molecule has 0 amide bonds. The summed E-state index contributed by atoms with van der Waals surface area (Å²) in [5.74, 6) is -0.779. The van der Waals surface area contributed by atoms with Gasteiger partial charge in [-0.15, -0.1) is 0 Å². The quantitative estimate of drug-likeness (QED) is 0.541. The van der Waals surface area contributed by atoms with Crippen molar-refractivity contribution in [2.75, 3.05) is 6.61 Å². The molecule has 0 aromatic carbocycles. The second kappa shape index (κ2) is 5.78. The van der Waals surface area contributed by atoms with E-state index >= 15 is 0 Å². The van der Waals surface area contributed by atoms with E-state index in [1.54, 1.807) is 0 Å². The van der Waals surface area contributed by atoms with Crippen LogP contribution >= 0.6 is 0 Å². The molecule has 0 fully saturated rings. The minimum atomic E-state index is -4.46. The Kier molecular flexibility index (Phi) is 5.39. The third-order valence-corrected chi connectivity index (χ3v) is 1.99. The van der Waals surface area contributed by atoms with Gasteiger partial charge in [0, 0.05) is 11.6 Å². The molecule has 0 aromatic rings. The highest BCUT2D eigenvalue weighted by Gasteiger charge is 2.30.